The van der Waals surface area contributed by atoms with Crippen LogP contribution in [0.2, 0.25) is 0 Å². The molecule has 10 heteroatoms. The Bertz CT molecular complexity index is 911. The molecule has 4 rings (SSSR count). The number of hydrogen-bond acceptors (Lipinski definition) is 7. The maximum absolute atomic E-state index is 12.5. The zero-order valence-corrected chi connectivity index (χ0v) is 18.1. The average Bonchev–Trinajstić information content (AvgIpc) is 3.39. The largest absolute Gasteiger partial charge is 0.351 e. The van der Waals surface area contributed by atoms with Crippen molar-refractivity contribution in [2.45, 2.75) is 30.9 Å². The van der Waals surface area contributed by atoms with E-state index in [9.17, 15) is 14.4 Å². The summed E-state index contributed by atoms with van der Waals surface area (Å²) in [7, 11) is 0. The van der Waals surface area contributed by atoms with E-state index in [2.05, 4.69) is 25.5 Å². The van der Waals surface area contributed by atoms with Gasteiger partial charge < -0.3 is 15.5 Å². The van der Waals surface area contributed by atoms with Gasteiger partial charge in [0.05, 0.1) is 6.54 Å². The highest BCUT2D eigenvalue weighted by molar-refractivity contribution is 8.15. The van der Waals surface area contributed by atoms with Crippen LogP contribution in [-0.2, 0) is 9.59 Å². The normalized spacial score (nSPS) is 21.3. The van der Waals surface area contributed by atoms with Crippen molar-refractivity contribution in [1.29, 1.82) is 0 Å². The molecule has 0 saturated carbocycles. The summed E-state index contributed by atoms with van der Waals surface area (Å²) in [5.41, 5.74) is 0.950. The first-order chi connectivity index (χ1) is 14.6. The SMILES string of the molecule is O=C(C[C@H]1SC(N2CCCCC2)=NC1=O)Nc1cccc(C(=O)NC2=NCCS2)c1. The van der Waals surface area contributed by atoms with E-state index < -0.39 is 5.25 Å². The topological polar surface area (TPSA) is 103 Å². The predicted octanol–water partition coefficient (Wildman–Crippen LogP) is 2.33. The molecule has 3 heterocycles. The maximum Gasteiger partial charge on any atom is 0.262 e. The monoisotopic (exact) mass is 445 g/mol. The molecule has 2 N–H and O–H groups in total. The Morgan fingerprint density at radius 3 is 2.77 bits per heavy atom. The Kier molecular flexibility index (Phi) is 6.73. The smallest absolute Gasteiger partial charge is 0.262 e. The Hall–Kier alpha value is -2.33. The van der Waals surface area contributed by atoms with Gasteiger partial charge in [0, 0.05) is 36.5 Å². The zero-order chi connectivity index (χ0) is 20.9. The van der Waals surface area contributed by atoms with Gasteiger partial charge in [-0.3, -0.25) is 19.4 Å². The Labute approximate surface area is 183 Å². The van der Waals surface area contributed by atoms with Gasteiger partial charge >= 0.3 is 0 Å². The third-order valence-corrected chi connectivity index (χ3v) is 7.05. The number of nitrogens with one attached hydrogen (secondary N) is 2. The standard InChI is InChI=1S/C20H23N5O3S2/c26-16(12-15-18(28)24-20(30-15)25-8-2-1-3-9-25)22-14-6-4-5-13(11-14)17(27)23-19-21-7-10-29-19/h4-6,11,15H,1-3,7-10,12H2,(H,22,26)(H,21,23,27)/t15-/m1/s1. The number of hydrogen-bond donors (Lipinski definition) is 2. The molecule has 0 unspecified atom stereocenters. The van der Waals surface area contributed by atoms with Crippen LogP contribution in [0.15, 0.2) is 34.3 Å². The third-order valence-electron chi connectivity index (χ3n) is 4.94. The Morgan fingerprint density at radius 1 is 1.17 bits per heavy atom. The number of carbonyl (C=O) groups is 3. The van der Waals surface area contributed by atoms with Crippen molar-refractivity contribution in [3.05, 3.63) is 29.8 Å². The van der Waals surface area contributed by atoms with Gasteiger partial charge in [-0.1, -0.05) is 29.6 Å². The van der Waals surface area contributed by atoms with Crippen LogP contribution in [0.1, 0.15) is 36.0 Å². The summed E-state index contributed by atoms with van der Waals surface area (Å²) in [6.07, 6.45) is 3.47. The van der Waals surface area contributed by atoms with Crippen molar-refractivity contribution in [3.8, 4) is 0 Å². The van der Waals surface area contributed by atoms with Crippen molar-refractivity contribution in [1.82, 2.24) is 10.2 Å². The molecule has 3 aliphatic rings. The number of rotatable bonds is 4. The maximum atomic E-state index is 12.5. The Morgan fingerprint density at radius 2 is 2.00 bits per heavy atom. The molecule has 1 aromatic rings. The highest BCUT2D eigenvalue weighted by atomic mass is 32.2. The van der Waals surface area contributed by atoms with Gasteiger partial charge in [0.15, 0.2) is 10.3 Å². The minimum Gasteiger partial charge on any atom is -0.351 e. The summed E-state index contributed by atoms with van der Waals surface area (Å²) >= 11 is 2.88. The molecule has 0 aliphatic carbocycles. The lowest BCUT2D eigenvalue weighted by atomic mass is 10.1. The summed E-state index contributed by atoms with van der Waals surface area (Å²) in [6.45, 7) is 2.53. The number of likely N-dealkylation sites (tertiary alicyclic amines) is 1. The second kappa shape index (κ2) is 9.65. The van der Waals surface area contributed by atoms with Gasteiger partial charge in [-0.25, -0.2) is 0 Å². The van der Waals surface area contributed by atoms with Gasteiger partial charge in [-0.15, -0.1) is 0 Å². The lowest BCUT2D eigenvalue weighted by Gasteiger charge is -2.27. The van der Waals surface area contributed by atoms with E-state index in [1.165, 1.54) is 29.9 Å². The number of benzene rings is 1. The fraction of sp³-hybridized carbons (Fsp3) is 0.450. The van der Waals surface area contributed by atoms with Crippen molar-refractivity contribution in [2.75, 3.05) is 30.7 Å². The van der Waals surface area contributed by atoms with E-state index >= 15 is 0 Å². The molecule has 3 aliphatic heterocycles. The molecule has 3 amide bonds. The van der Waals surface area contributed by atoms with Gasteiger partial charge in [-0.2, -0.15) is 4.99 Å². The number of anilines is 1. The molecule has 0 aromatic heterocycles. The van der Waals surface area contributed by atoms with Crippen LogP contribution in [0.4, 0.5) is 5.69 Å². The highest BCUT2D eigenvalue weighted by Crippen LogP contribution is 2.29. The van der Waals surface area contributed by atoms with E-state index in [-0.39, 0.29) is 24.1 Å². The minimum atomic E-state index is -0.495. The number of thioether (sulfide) groups is 2. The molecule has 1 fully saturated rings. The highest BCUT2D eigenvalue weighted by Gasteiger charge is 2.33. The molecular formula is C20H23N5O3S2. The second-order valence-electron chi connectivity index (χ2n) is 7.21. The molecule has 30 heavy (non-hydrogen) atoms. The number of piperidine rings is 1. The van der Waals surface area contributed by atoms with Crippen LogP contribution < -0.4 is 10.6 Å². The summed E-state index contributed by atoms with van der Waals surface area (Å²) in [5, 5.41) is 6.42. The summed E-state index contributed by atoms with van der Waals surface area (Å²) < 4.78 is 0. The lowest BCUT2D eigenvalue weighted by Crippen LogP contribution is -2.33. The summed E-state index contributed by atoms with van der Waals surface area (Å²) in [5.74, 6) is 0.0792. The molecule has 0 bridgehead atoms. The van der Waals surface area contributed by atoms with Crippen LogP contribution in [0.25, 0.3) is 0 Å². The van der Waals surface area contributed by atoms with E-state index in [0.717, 1.165) is 36.9 Å². The summed E-state index contributed by atoms with van der Waals surface area (Å²) in [4.78, 5) is 47.6. The van der Waals surface area contributed by atoms with Crippen LogP contribution in [0, 0.1) is 0 Å². The fourth-order valence-corrected chi connectivity index (χ4v) is 5.27. The first kappa shape index (κ1) is 20.9. The van der Waals surface area contributed by atoms with Crippen LogP contribution in [-0.4, -0.2) is 63.6 Å². The van der Waals surface area contributed by atoms with Crippen LogP contribution in [0.3, 0.4) is 0 Å². The molecule has 1 atom stereocenters. The lowest BCUT2D eigenvalue weighted by molar-refractivity contribution is -0.121. The van der Waals surface area contributed by atoms with Crippen molar-refractivity contribution < 1.29 is 14.4 Å². The molecule has 0 radical (unpaired) electrons. The van der Waals surface area contributed by atoms with Crippen LogP contribution >= 0.6 is 23.5 Å². The van der Waals surface area contributed by atoms with E-state index in [1.807, 2.05) is 0 Å². The number of nitrogens with zero attached hydrogens (tertiary/aromatic N) is 3. The Balaban J connectivity index is 1.31. The molecule has 0 spiro atoms. The van der Waals surface area contributed by atoms with Gasteiger partial charge in [-0.05, 0) is 37.5 Å². The second-order valence-corrected chi connectivity index (χ2v) is 9.46. The number of amides is 3. The third kappa shape index (κ3) is 5.23. The predicted molar refractivity (Wildman–Crippen MR) is 121 cm³/mol. The van der Waals surface area contributed by atoms with Gasteiger partial charge in [0.1, 0.15) is 5.25 Å². The number of aliphatic imine (C=N–C) groups is 2. The quantitative estimate of drug-likeness (QED) is 0.737. The molecule has 1 saturated heterocycles. The van der Waals surface area contributed by atoms with Gasteiger partial charge in [0.2, 0.25) is 5.91 Å². The number of amidine groups is 2. The van der Waals surface area contributed by atoms with Crippen LogP contribution in [0.5, 0.6) is 0 Å². The van der Waals surface area contributed by atoms with E-state index in [1.54, 1.807) is 24.3 Å². The average molecular weight is 446 g/mol. The molecule has 1 aromatic carbocycles. The zero-order valence-electron chi connectivity index (χ0n) is 16.4. The fourth-order valence-electron chi connectivity index (χ4n) is 3.43. The van der Waals surface area contributed by atoms with Gasteiger partial charge in [0.25, 0.3) is 11.8 Å². The number of carbonyl (C=O) groups excluding carboxylic acids is 3. The minimum absolute atomic E-state index is 0.0498. The van der Waals surface area contributed by atoms with Crippen molar-refractivity contribution >= 4 is 57.3 Å². The molecule has 158 valence electrons. The van der Waals surface area contributed by atoms with E-state index in [0.29, 0.717) is 23.0 Å². The van der Waals surface area contributed by atoms with Crippen molar-refractivity contribution in [2.24, 2.45) is 9.98 Å². The molecule has 8 nitrogen and oxygen atoms in total. The molecular weight excluding hydrogens is 422 g/mol. The first-order valence-electron chi connectivity index (χ1n) is 10.0. The summed E-state index contributed by atoms with van der Waals surface area (Å²) in [6, 6.07) is 6.73. The first-order valence-corrected chi connectivity index (χ1v) is 11.9. The van der Waals surface area contributed by atoms with Crippen molar-refractivity contribution in [3.63, 3.8) is 0 Å². The van der Waals surface area contributed by atoms with E-state index in [4.69, 9.17) is 0 Å².